The number of thioether (sulfide) groups is 1. The van der Waals surface area contributed by atoms with Gasteiger partial charge in [-0.05, 0) is 31.2 Å². The first-order valence-corrected chi connectivity index (χ1v) is 9.31. The lowest BCUT2D eigenvalue weighted by molar-refractivity contribution is -0.127. The molecule has 1 heterocycles. The summed E-state index contributed by atoms with van der Waals surface area (Å²) in [5, 5.41) is 2.38. The van der Waals surface area contributed by atoms with Gasteiger partial charge in [-0.3, -0.25) is 25.2 Å². The Labute approximate surface area is 152 Å². The van der Waals surface area contributed by atoms with E-state index in [0.717, 1.165) is 21.9 Å². The maximum atomic E-state index is 11.7. The summed E-state index contributed by atoms with van der Waals surface area (Å²) in [5.41, 5.74) is 5.52. The Morgan fingerprint density at radius 1 is 1.21 bits per heavy atom. The average molecular weight is 386 g/mol. The molecule has 2 rings (SSSR count). The van der Waals surface area contributed by atoms with Crippen molar-refractivity contribution in [2.45, 2.75) is 24.8 Å². The topological polar surface area (TPSA) is 80.2 Å². The van der Waals surface area contributed by atoms with Crippen molar-refractivity contribution in [3.63, 3.8) is 0 Å². The molecule has 0 unspecified atom stereocenters. The van der Waals surface area contributed by atoms with E-state index in [1.165, 1.54) is 16.3 Å². The number of nitrogens with zero attached hydrogens (tertiary/aromatic N) is 1. The quantitative estimate of drug-likeness (QED) is 0.590. The summed E-state index contributed by atoms with van der Waals surface area (Å²) in [6, 6.07) is 7.13. The molecule has 0 aliphatic carbocycles. The number of thiazole rings is 1. The van der Waals surface area contributed by atoms with Crippen molar-refractivity contribution in [2.75, 3.05) is 5.75 Å². The second-order valence-electron chi connectivity index (χ2n) is 4.88. The van der Waals surface area contributed by atoms with Gasteiger partial charge in [-0.25, -0.2) is 0 Å². The maximum Gasteiger partial charge on any atom is 0.307 e. The summed E-state index contributed by atoms with van der Waals surface area (Å²) < 4.78 is 1.53. The molecule has 2 N–H and O–H groups in total. The minimum absolute atomic E-state index is 0.0938. The number of carbonyl (C=O) groups is 2. The zero-order valence-corrected chi connectivity index (χ0v) is 15.3. The summed E-state index contributed by atoms with van der Waals surface area (Å²) in [7, 11) is 0. The van der Waals surface area contributed by atoms with Crippen LogP contribution in [-0.4, -0.2) is 22.1 Å². The molecule has 1 aromatic heterocycles. The molecule has 128 valence electrons. The zero-order valence-electron chi connectivity index (χ0n) is 12.9. The molecule has 9 heteroatoms. The summed E-state index contributed by atoms with van der Waals surface area (Å²) in [4.78, 5) is 35.8. The van der Waals surface area contributed by atoms with E-state index in [4.69, 9.17) is 11.6 Å². The molecule has 24 heavy (non-hydrogen) atoms. The van der Waals surface area contributed by atoms with Crippen LogP contribution >= 0.6 is 34.7 Å². The van der Waals surface area contributed by atoms with E-state index in [1.807, 2.05) is 19.1 Å². The molecule has 0 spiro atoms. The summed E-state index contributed by atoms with van der Waals surface area (Å²) in [5.74, 6) is -0.491. The summed E-state index contributed by atoms with van der Waals surface area (Å²) in [6.07, 6.45) is 0.113. The van der Waals surface area contributed by atoms with E-state index >= 15 is 0 Å². The van der Waals surface area contributed by atoms with Crippen molar-refractivity contribution in [1.82, 2.24) is 15.4 Å². The van der Waals surface area contributed by atoms with Gasteiger partial charge in [0, 0.05) is 34.0 Å². The number of hydrogen-bond acceptors (Lipinski definition) is 5. The Hall–Kier alpha value is -1.77. The number of benzene rings is 1. The number of amides is 2. The van der Waals surface area contributed by atoms with Crippen LogP contribution in [0.3, 0.4) is 0 Å². The third kappa shape index (κ3) is 5.70. The SMILES string of the molecule is Cc1csc(=O)n1CCC(=O)NNC(=O)CSc1ccc(Cl)cc1. The summed E-state index contributed by atoms with van der Waals surface area (Å²) >= 11 is 8.23. The Balaban J connectivity index is 1.68. The normalized spacial score (nSPS) is 10.4. The van der Waals surface area contributed by atoms with Gasteiger partial charge in [0.05, 0.1) is 5.75 Å². The van der Waals surface area contributed by atoms with E-state index in [0.29, 0.717) is 5.02 Å². The number of aromatic nitrogens is 1. The van der Waals surface area contributed by atoms with E-state index < -0.39 is 0 Å². The molecule has 1 aromatic carbocycles. The standard InChI is InChI=1S/C15H16ClN3O3S2/c1-10-8-24-15(22)19(10)7-6-13(20)17-18-14(21)9-23-12-4-2-11(16)3-5-12/h2-5,8H,6-7,9H2,1H3,(H,17,20)(H,18,21). The Bertz CT molecular complexity index is 771. The zero-order chi connectivity index (χ0) is 17.5. The van der Waals surface area contributed by atoms with Crippen molar-refractivity contribution in [3.8, 4) is 0 Å². The maximum absolute atomic E-state index is 11.7. The van der Waals surface area contributed by atoms with E-state index in [9.17, 15) is 14.4 Å². The van der Waals surface area contributed by atoms with Gasteiger partial charge in [0.25, 0.3) is 0 Å². The molecule has 2 amide bonds. The van der Waals surface area contributed by atoms with Gasteiger partial charge in [-0.1, -0.05) is 22.9 Å². The van der Waals surface area contributed by atoms with Crippen LogP contribution in [0.5, 0.6) is 0 Å². The second-order valence-corrected chi connectivity index (χ2v) is 7.19. The first-order chi connectivity index (χ1) is 11.5. The average Bonchev–Trinajstić information content (AvgIpc) is 2.89. The Kier molecular flexibility index (Phi) is 6.89. The number of carbonyl (C=O) groups excluding carboxylic acids is 2. The second kappa shape index (κ2) is 8.91. The van der Waals surface area contributed by atoms with Crippen LogP contribution < -0.4 is 15.7 Å². The molecule has 0 fully saturated rings. The lowest BCUT2D eigenvalue weighted by atomic mass is 10.4. The number of aryl methyl sites for hydroxylation is 1. The van der Waals surface area contributed by atoms with Crippen LogP contribution in [0, 0.1) is 6.92 Å². The largest absolute Gasteiger partial charge is 0.307 e. The highest BCUT2D eigenvalue weighted by Gasteiger charge is 2.08. The van der Waals surface area contributed by atoms with Crippen molar-refractivity contribution in [2.24, 2.45) is 0 Å². The minimum Gasteiger partial charge on any atom is -0.303 e. The van der Waals surface area contributed by atoms with Gasteiger partial charge in [0.2, 0.25) is 11.8 Å². The monoisotopic (exact) mass is 385 g/mol. The molecule has 0 aliphatic rings. The molecule has 0 bridgehead atoms. The molecule has 0 saturated carbocycles. The predicted octanol–water partition coefficient (Wildman–Crippen LogP) is 2.20. The van der Waals surface area contributed by atoms with Gasteiger partial charge < -0.3 is 4.57 Å². The van der Waals surface area contributed by atoms with Crippen molar-refractivity contribution >= 4 is 46.5 Å². The molecule has 6 nitrogen and oxygen atoms in total. The third-order valence-electron chi connectivity index (χ3n) is 3.06. The van der Waals surface area contributed by atoms with Crippen LogP contribution in [0.2, 0.25) is 5.02 Å². The van der Waals surface area contributed by atoms with Gasteiger partial charge in [-0.15, -0.1) is 11.8 Å². The van der Waals surface area contributed by atoms with Crippen LogP contribution in [0.1, 0.15) is 12.1 Å². The van der Waals surface area contributed by atoms with E-state index in [-0.39, 0.29) is 35.4 Å². The fraction of sp³-hybridized carbons (Fsp3) is 0.267. The van der Waals surface area contributed by atoms with Gasteiger partial charge >= 0.3 is 4.87 Å². The van der Waals surface area contributed by atoms with Crippen LogP contribution in [-0.2, 0) is 16.1 Å². The van der Waals surface area contributed by atoms with Crippen molar-refractivity contribution < 1.29 is 9.59 Å². The molecule has 0 atom stereocenters. The van der Waals surface area contributed by atoms with E-state index in [1.54, 1.807) is 17.5 Å². The highest BCUT2D eigenvalue weighted by molar-refractivity contribution is 8.00. The number of halogens is 1. The number of hydrazine groups is 1. The van der Waals surface area contributed by atoms with Gasteiger partial charge in [0.15, 0.2) is 0 Å². The number of rotatable bonds is 6. The number of hydrogen-bond donors (Lipinski definition) is 2. The van der Waals surface area contributed by atoms with E-state index in [2.05, 4.69) is 10.9 Å². The highest BCUT2D eigenvalue weighted by atomic mass is 35.5. The molecule has 0 saturated heterocycles. The van der Waals surface area contributed by atoms with Gasteiger partial charge in [0.1, 0.15) is 0 Å². The molecule has 0 aliphatic heterocycles. The minimum atomic E-state index is -0.350. The smallest absolute Gasteiger partial charge is 0.303 e. The lowest BCUT2D eigenvalue weighted by Gasteiger charge is -2.08. The molecular formula is C15H16ClN3O3S2. The van der Waals surface area contributed by atoms with Crippen LogP contribution in [0.4, 0.5) is 0 Å². The number of nitrogens with one attached hydrogen (secondary N) is 2. The Morgan fingerprint density at radius 3 is 2.50 bits per heavy atom. The first kappa shape index (κ1) is 18.6. The van der Waals surface area contributed by atoms with Crippen LogP contribution in [0.15, 0.2) is 39.3 Å². The van der Waals surface area contributed by atoms with Crippen molar-refractivity contribution in [3.05, 3.63) is 50.0 Å². The lowest BCUT2D eigenvalue weighted by Crippen LogP contribution is -2.43. The highest BCUT2D eigenvalue weighted by Crippen LogP contribution is 2.19. The first-order valence-electron chi connectivity index (χ1n) is 7.06. The third-order valence-corrected chi connectivity index (χ3v) is 5.21. The fourth-order valence-electron chi connectivity index (χ4n) is 1.81. The van der Waals surface area contributed by atoms with Gasteiger partial charge in [-0.2, -0.15) is 0 Å². The molecule has 2 aromatic rings. The molecule has 0 radical (unpaired) electrons. The summed E-state index contributed by atoms with van der Waals surface area (Å²) in [6.45, 7) is 2.10. The predicted molar refractivity (Wildman–Crippen MR) is 96.4 cm³/mol. The van der Waals surface area contributed by atoms with Crippen molar-refractivity contribution in [1.29, 1.82) is 0 Å². The Morgan fingerprint density at radius 2 is 1.88 bits per heavy atom. The molecular weight excluding hydrogens is 370 g/mol. The van der Waals surface area contributed by atoms with Crippen LogP contribution in [0.25, 0.3) is 0 Å². The fourth-order valence-corrected chi connectivity index (χ4v) is 3.39.